The molecule has 8 nitrogen and oxygen atoms in total. The number of anilines is 1. The van der Waals surface area contributed by atoms with Crippen molar-refractivity contribution >= 4 is 33.4 Å². The van der Waals surface area contributed by atoms with Gasteiger partial charge in [-0.1, -0.05) is 36.4 Å². The number of H-pyrrole nitrogens is 1. The topological polar surface area (TPSA) is 105 Å². The molecular weight excluding hydrogens is 454 g/mol. The standard InChI is InChI=1S/C28H21N5O3/c1-36-22-11-9-17-7-8-18(13-19(17)14-22)26-24(16-33(32-26)20-5-3-2-4-6-20)28(35)29-27-23-12-10-21(34)15-25(23)30-31-27/h2-16,34H,1H3,(H2,29,30,31,35). The van der Waals surface area contributed by atoms with Crippen molar-refractivity contribution in [1.29, 1.82) is 0 Å². The Bertz CT molecular complexity index is 1740. The number of nitrogens with zero attached hydrogens (tertiary/aromatic N) is 3. The second-order valence-corrected chi connectivity index (χ2v) is 8.36. The van der Waals surface area contributed by atoms with Gasteiger partial charge < -0.3 is 15.2 Å². The van der Waals surface area contributed by atoms with Crippen LogP contribution in [-0.2, 0) is 0 Å². The number of para-hydroxylation sites is 1. The van der Waals surface area contributed by atoms with E-state index in [1.165, 1.54) is 0 Å². The molecule has 0 saturated carbocycles. The number of amides is 1. The number of carbonyl (C=O) groups excluding carboxylic acids is 1. The molecule has 2 heterocycles. The maximum absolute atomic E-state index is 13.5. The minimum absolute atomic E-state index is 0.114. The maximum Gasteiger partial charge on any atom is 0.260 e. The van der Waals surface area contributed by atoms with Crippen molar-refractivity contribution in [2.24, 2.45) is 0 Å². The molecule has 0 unspecified atom stereocenters. The van der Waals surface area contributed by atoms with Gasteiger partial charge in [-0.2, -0.15) is 10.2 Å². The molecule has 6 aromatic rings. The van der Waals surface area contributed by atoms with Crippen LogP contribution in [0.4, 0.5) is 5.82 Å². The lowest BCUT2D eigenvalue weighted by atomic mass is 10.0. The average Bonchev–Trinajstić information content (AvgIpc) is 3.53. The van der Waals surface area contributed by atoms with Gasteiger partial charge in [-0.25, -0.2) is 4.68 Å². The summed E-state index contributed by atoms with van der Waals surface area (Å²) in [5.74, 6) is 0.892. The van der Waals surface area contributed by atoms with E-state index in [1.807, 2.05) is 66.7 Å². The minimum atomic E-state index is -0.348. The summed E-state index contributed by atoms with van der Waals surface area (Å²) in [6.07, 6.45) is 1.72. The molecule has 6 rings (SSSR count). The second kappa shape index (κ2) is 8.59. The largest absolute Gasteiger partial charge is 0.508 e. The van der Waals surface area contributed by atoms with Gasteiger partial charge in [0.2, 0.25) is 0 Å². The fourth-order valence-electron chi connectivity index (χ4n) is 4.24. The van der Waals surface area contributed by atoms with E-state index >= 15 is 0 Å². The lowest BCUT2D eigenvalue weighted by Crippen LogP contribution is -2.13. The molecule has 0 radical (unpaired) electrons. The molecule has 0 aliphatic rings. The number of fused-ring (bicyclic) bond motifs is 2. The molecule has 0 fully saturated rings. The van der Waals surface area contributed by atoms with Crippen LogP contribution in [0.2, 0.25) is 0 Å². The number of benzene rings is 4. The lowest BCUT2D eigenvalue weighted by molar-refractivity contribution is 0.102. The Labute approximate surface area is 205 Å². The molecule has 4 aromatic carbocycles. The zero-order chi connectivity index (χ0) is 24.6. The van der Waals surface area contributed by atoms with Crippen LogP contribution in [0.15, 0.2) is 91.1 Å². The van der Waals surface area contributed by atoms with Gasteiger partial charge in [0.15, 0.2) is 5.82 Å². The van der Waals surface area contributed by atoms with Crippen molar-refractivity contribution in [2.75, 3.05) is 12.4 Å². The highest BCUT2D eigenvalue weighted by Gasteiger charge is 2.21. The predicted octanol–water partition coefficient (Wildman–Crippen LogP) is 5.54. The first-order valence-corrected chi connectivity index (χ1v) is 11.3. The number of aromatic hydroxyl groups is 1. The summed E-state index contributed by atoms with van der Waals surface area (Å²) >= 11 is 0. The number of hydrogen-bond donors (Lipinski definition) is 3. The number of ether oxygens (including phenoxy) is 1. The normalized spacial score (nSPS) is 11.1. The number of aromatic amines is 1. The van der Waals surface area contributed by atoms with Gasteiger partial charge in [-0.05, 0) is 53.2 Å². The van der Waals surface area contributed by atoms with Gasteiger partial charge in [0.1, 0.15) is 17.2 Å². The second-order valence-electron chi connectivity index (χ2n) is 8.36. The summed E-state index contributed by atoms with van der Waals surface area (Å²) in [7, 11) is 1.63. The number of hydrogen-bond acceptors (Lipinski definition) is 5. The molecular formula is C28H21N5O3. The summed E-state index contributed by atoms with van der Waals surface area (Å²) in [5.41, 5.74) is 3.19. The molecule has 0 saturated heterocycles. The summed E-state index contributed by atoms with van der Waals surface area (Å²) in [6.45, 7) is 0. The molecule has 176 valence electrons. The minimum Gasteiger partial charge on any atom is -0.508 e. The van der Waals surface area contributed by atoms with E-state index in [1.54, 1.807) is 36.2 Å². The van der Waals surface area contributed by atoms with Gasteiger partial charge in [-0.15, -0.1) is 0 Å². The smallest absolute Gasteiger partial charge is 0.260 e. The van der Waals surface area contributed by atoms with Crippen molar-refractivity contribution in [2.45, 2.75) is 0 Å². The van der Waals surface area contributed by atoms with E-state index in [9.17, 15) is 9.90 Å². The summed E-state index contributed by atoms with van der Waals surface area (Å²) in [5, 5.41) is 27.2. The van der Waals surface area contributed by atoms with Crippen molar-refractivity contribution in [3.8, 4) is 28.4 Å². The molecule has 0 atom stereocenters. The molecule has 0 spiro atoms. The maximum atomic E-state index is 13.5. The molecule has 0 aliphatic carbocycles. The van der Waals surface area contributed by atoms with Crippen LogP contribution < -0.4 is 10.1 Å². The lowest BCUT2D eigenvalue weighted by Gasteiger charge is -2.06. The van der Waals surface area contributed by atoms with Crippen LogP contribution in [0.1, 0.15) is 10.4 Å². The van der Waals surface area contributed by atoms with Crippen molar-refractivity contribution in [1.82, 2.24) is 20.0 Å². The Kier molecular flexibility index (Phi) is 5.11. The van der Waals surface area contributed by atoms with Gasteiger partial charge in [0.25, 0.3) is 5.91 Å². The van der Waals surface area contributed by atoms with Crippen molar-refractivity contribution in [3.63, 3.8) is 0 Å². The Hall–Kier alpha value is -5.11. The Balaban J connectivity index is 1.45. The fraction of sp³-hybridized carbons (Fsp3) is 0.0357. The number of phenols is 1. The molecule has 1 amide bonds. The Morgan fingerprint density at radius 1 is 0.972 bits per heavy atom. The molecule has 36 heavy (non-hydrogen) atoms. The number of carbonyl (C=O) groups is 1. The monoisotopic (exact) mass is 475 g/mol. The Morgan fingerprint density at radius 3 is 2.64 bits per heavy atom. The number of nitrogens with one attached hydrogen (secondary N) is 2. The van der Waals surface area contributed by atoms with E-state index in [4.69, 9.17) is 9.84 Å². The van der Waals surface area contributed by atoms with Crippen molar-refractivity contribution in [3.05, 3.63) is 96.7 Å². The van der Waals surface area contributed by atoms with Crippen LogP contribution in [-0.4, -0.2) is 38.1 Å². The predicted molar refractivity (Wildman–Crippen MR) is 139 cm³/mol. The van der Waals surface area contributed by atoms with E-state index in [0.29, 0.717) is 28.0 Å². The highest BCUT2D eigenvalue weighted by molar-refractivity contribution is 6.11. The third-order valence-corrected chi connectivity index (χ3v) is 6.08. The first-order chi connectivity index (χ1) is 17.6. The third kappa shape index (κ3) is 3.80. The van der Waals surface area contributed by atoms with Gasteiger partial charge in [-0.3, -0.25) is 9.89 Å². The average molecular weight is 476 g/mol. The first kappa shape index (κ1) is 21.4. The highest BCUT2D eigenvalue weighted by Crippen LogP contribution is 2.30. The first-order valence-electron chi connectivity index (χ1n) is 11.3. The van der Waals surface area contributed by atoms with Crippen LogP contribution in [0.3, 0.4) is 0 Å². The Morgan fingerprint density at radius 2 is 1.81 bits per heavy atom. The number of phenolic OH excluding ortho intramolecular Hbond substituents is 1. The van der Waals surface area contributed by atoms with Crippen molar-refractivity contribution < 1.29 is 14.6 Å². The van der Waals surface area contributed by atoms with Gasteiger partial charge in [0, 0.05) is 23.2 Å². The molecule has 2 aromatic heterocycles. The molecule has 0 aliphatic heterocycles. The van der Waals surface area contributed by atoms with E-state index < -0.39 is 0 Å². The highest BCUT2D eigenvalue weighted by atomic mass is 16.5. The van der Waals surface area contributed by atoms with E-state index in [2.05, 4.69) is 15.5 Å². The summed E-state index contributed by atoms with van der Waals surface area (Å²) < 4.78 is 7.08. The van der Waals surface area contributed by atoms with E-state index in [0.717, 1.165) is 27.8 Å². The van der Waals surface area contributed by atoms with Crippen LogP contribution in [0, 0.1) is 0 Å². The fourth-order valence-corrected chi connectivity index (χ4v) is 4.24. The SMILES string of the molecule is COc1ccc2ccc(-c3nn(-c4ccccc4)cc3C(=O)Nc3n[nH]c4cc(O)ccc34)cc2c1. The van der Waals surface area contributed by atoms with E-state index in [-0.39, 0.29) is 11.7 Å². The van der Waals surface area contributed by atoms with Gasteiger partial charge >= 0.3 is 0 Å². The summed E-state index contributed by atoms with van der Waals surface area (Å²) in [4.78, 5) is 13.5. The van der Waals surface area contributed by atoms with Crippen LogP contribution in [0.5, 0.6) is 11.5 Å². The summed E-state index contributed by atoms with van der Waals surface area (Å²) in [6, 6.07) is 26.3. The molecule has 0 bridgehead atoms. The zero-order valence-corrected chi connectivity index (χ0v) is 19.3. The van der Waals surface area contributed by atoms with Crippen LogP contribution >= 0.6 is 0 Å². The number of aromatic nitrogens is 4. The number of methoxy groups -OCH3 is 1. The van der Waals surface area contributed by atoms with Gasteiger partial charge in [0.05, 0.1) is 23.9 Å². The third-order valence-electron chi connectivity index (χ3n) is 6.08. The molecule has 8 heteroatoms. The quantitative estimate of drug-likeness (QED) is 0.304. The van der Waals surface area contributed by atoms with Crippen LogP contribution in [0.25, 0.3) is 38.6 Å². The zero-order valence-electron chi connectivity index (χ0n) is 19.3. The number of rotatable bonds is 5. The molecule has 3 N–H and O–H groups in total.